The largest absolute Gasteiger partial charge is 0.379 e. The average molecular weight is 294 g/mol. The summed E-state index contributed by atoms with van der Waals surface area (Å²) in [5.74, 6) is 1.01. The number of imidazole rings is 1. The highest BCUT2D eigenvalue weighted by Gasteiger charge is 2.21. The van der Waals surface area contributed by atoms with E-state index in [-0.39, 0.29) is 0 Å². The lowest BCUT2D eigenvalue weighted by atomic mass is 10.1. The van der Waals surface area contributed by atoms with Gasteiger partial charge in [-0.15, -0.1) is 0 Å². The van der Waals surface area contributed by atoms with Crippen molar-refractivity contribution in [3.63, 3.8) is 0 Å². The van der Waals surface area contributed by atoms with Gasteiger partial charge in [0.25, 0.3) is 0 Å². The lowest BCUT2D eigenvalue weighted by Crippen LogP contribution is -2.10. The fourth-order valence-electron chi connectivity index (χ4n) is 3.00. The summed E-state index contributed by atoms with van der Waals surface area (Å²) in [4.78, 5) is 4.60. The van der Waals surface area contributed by atoms with Crippen LogP contribution >= 0.6 is 0 Å². The highest BCUT2D eigenvalue weighted by molar-refractivity contribution is 5.61. The number of hydrogen-bond acceptors (Lipinski definition) is 3. The molecule has 0 bridgehead atoms. The van der Waals surface area contributed by atoms with Gasteiger partial charge in [0, 0.05) is 37.0 Å². The SMILES string of the molecule is c1ccc(-c2nccn2C2CCOC2)c(Cn2cccn2)c1. The van der Waals surface area contributed by atoms with E-state index in [4.69, 9.17) is 4.74 Å². The third-order valence-electron chi connectivity index (χ3n) is 4.12. The molecule has 0 radical (unpaired) electrons. The molecule has 5 nitrogen and oxygen atoms in total. The van der Waals surface area contributed by atoms with Gasteiger partial charge in [-0.2, -0.15) is 5.10 Å². The van der Waals surface area contributed by atoms with E-state index in [1.165, 1.54) is 5.56 Å². The highest BCUT2D eigenvalue weighted by Crippen LogP contribution is 2.28. The monoisotopic (exact) mass is 294 g/mol. The first kappa shape index (κ1) is 13.3. The highest BCUT2D eigenvalue weighted by atomic mass is 16.5. The maximum absolute atomic E-state index is 5.52. The first-order valence-corrected chi connectivity index (χ1v) is 7.58. The normalized spacial score (nSPS) is 17.9. The van der Waals surface area contributed by atoms with Crippen molar-refractivity contribution in [1.29, 1.82) is 0 Å². The minimum atomic E-state index is 0.384. The van der Waals surface area contributed by atoms with Crippen molar-refractivity contribution >= 4 is 0 Å². The van der Waals surface area contributed by atoms with Crippen molar-refractivity contribution in [1.82, 2.24) is 19.3 Å². The molecule has 112 valence electrons. The second kappa shape index (κ2) is 5.77. The lowest BCUT2D eigenvalue weighted by molar-refractivity contribution is 0.187. The van der Waals surface area contributed by atoms with Crippen molar-refractivity contribution in [3.8, 4) is 11.4 Å². The summed E-state index contributed by atoms with van der Waals surface area (Å²) >= 11 is 0. The van der Waals surface area contributed by atoms with E-state index in [9.17, 15) is 0 Å². The molecule has 1 atom stereocenters. The van der Waals surface area contributed by atoms with E-state index in [1.807, 2.05) is 23.1 Å². The smallest absolute Gasteiger partial charge is 0.140 e. The van der Waals surface area contributed by atoms with Gasteiger partial charge in [-0.05, 0) is 18.1 Å². The van der Waals surface area contributed by atoms with Crippen LogP contribution in [0.4, 0.5) is 0 Å². The fourth-order valence-corrected chi connectivity index (χ4v) is 3.00. The zero-order valence-corrected chi connectivity index (χ0v) is 12.3. The summed E-state index contributed by atoms with van der Waals surface area (Å²) in [6.07, 6.45) is 8.76. The predicted octanol–water partition coefficient (Wildman–Crippen LogP) is 2.76. The molecular formula is C17H18N4O. The molecule has 1 aliphatic heterocycles. The Morgan fingerprint density at radius 3 is 2.91 bits per heavy atom. The molecule has 1 fully saturated rings. The van der Waals surface area contributed by atoms with Crippen molar-refractivity contribution in [3.05, 3.63) is 60.7 Å². The van der Waals surface area contributed by atoms with Crippen LogP contribution in [0.1, 0.15) is 18.0 Å². The van der Waals surface area contributed by atoms with Gasteiger partial charge in [-0.1, -0.05) is 24.3 Å². The molecule has 0 N–H and O–H groups in total. The number of nitrogens with zero attached hydrogens (tertiary/aromatic N) is 4. The van der Waals surface area contributed by atoms with Crippen LogP contribution in [0, 0.1) is 0 Å². The number of rotatable bonds is 4. The summed E-state index contributed by atoms with van der Waals surface area (Å²) in [7, 11) is 0. The summed E-state index contributed by atoms with van der Waals surface area (Å²) in [5.41, 5.74) is 2.38. The zero-order chi connectivity index (χ0) is 14.8. The number of benzene rings is 1. The summed E-state index contributed by atoms with van der Waals surface area (Å²) in [6, 6.07) is 10.7. The zero-order valence-electron chi connectivity index (χ0n) is 12.3. The van der Waals surface area contributed by atoms with E-state index < -0.39 is 0 Å². The Balaban J connectivity index is 1.72. The fraction of sp³-hybridized carbons (Fsp3) is 0.294. The third-order valence-corrected chi connectivity index (χ3v) is 4.12. The molecule has 3 heterocycles. The van der Waals surface area contributed by atoms with Crippen LogP contribution in [-0.2, 0) is 11.3 Å². The molecule has 4 rings (SSSR count). The van der Waals surface area contributed by atoms with Gasteiger partial charge >= 0.3 is 0 Å². The van der Waals surface area contributed by atoms with Gasteiger partial charge in [0.2, 0.25) is 0 Å². The molecule has 1 aromatic carbocycles. The quantitative estimate of drug-likeness (QED) is 0.743. The molecule has 5 heteroatoms. The van der Waals surface area contributed by atoms with Crippen LogP contribution in [0.3, 0.4) is 0 Å². The molecule has 3 aromatic rings. The molecule has 0 spiro atoms. The number of hydrogen-bond donors (Lipinski definition) is 0. The summed E-state index contributed by atoms with van der Waals surface area (Å²) in [5, 5.41) is 4.30. The van der Waals surface area contributed by atoms with Gasteiger partial charge in [0.1, 0.15) is 5.82 Å². The number of ether oxygens (including phenoxy) is 1. The van der Waals surface area contributed by atoms with E-state index >= 15 is 0 Å². The first-order valence-electron chi connectivity index (χ1n) is 7.58. The van der Waals surface area contributed by atoms with Gasteiger partial charge in [0.15, 0.2) is 0 Å². The molecule has 1 saturated heterocycles. The first-order chi connectivity index (χ1) is 10.9. The van der Waals surface area contributed by atoms with Crippen molar-refractivity contribution in [2.24, 2.45) is 0 Å². The minimum absolute atomic E-state index is 0.384. The standard InChI is InChI=1S/C17H18N4O/c1-2-5-16(14(4-1)12-20-9-3-7-19-20)17-18-8-10-21(17)15-6-11-22-13-15/h1-5,7-10,15H,6,11-13H2. The molecular weight excluding hydrogens is 276 g/mol. The van der Waals surface area contributed by atoms with Crippen LogP contribution in [0.5, 0.6) is 0 Å². The van der Waals surface area contributed by atoms with Crippen LogP contribution in [0.15, 0.2) is 55.1 Å². The molecule has 0 aliphatic carbocycles. The Morgan fingerprint density at radius 2 is 2.09 bits per heavy atom. The van der Waals surface area contributed by atoms with Crippen LogP contribution < -0.4 is 0 Å². The Kier molecular flexibility index (Phi) is 3.48. The minimum Gasteiger partial charge on any atom is -0.379 e. The lowest BCUT2D eigenvalue weighted by Gasteiger charge is -2.16. The Morgan fingerprint density at radius 1 is 1.14 bits per heavy atom. The predicted molar refractivity (Wildman–Crippen MR) is 83.5 cm³/mol. The van der Waals surface area contributed by atoms with Crippen LogP contribution in [-0.4, -0.2) is 32.5 Å². The summed E-state index contributed by atoms with van der Waals surface area (Å²) in [6.45, 7) is 2.35. The van der Waals surface area contributed by atoms with Gasteiger partial charge in [0.05, 0.1) is 19.2 Å². The van der Waals surface area contributed by atoms with E-state index in [0.29, 0.717) is 6.04 Å². The maximum atomic E-state index is 5.52. The maximum Gasteiger partial charge on any atom is 0.140 e. The molecule has 22 heavy (non-hydrogen) atoms. The molecule has 0 amide bonds. The molecule has 2 aromatic heterocycles. The topological polar surface area (TPSA) is 44.9 Å². The van der Waals surface area contributed by atoms with Crippen molar-refractivity contribution < 1.29 is 4.74 Å². The van der Waals surface area contributed by atoms with Crippen molar-refractivity contribution in [2.45, 2.75) is 19.0 Å². The van der Waals surface area contributed by atoms with Gasteiger partial charge < -0.3 is 9.30 Å². The van der Waals surface area contributed by atoms with E-state index in [1.54, 1.807) is 6.20 Å². The molecule has 0 saturated carbocycles. The van der Waals surface area contributed by atoms with Gasteiger partial charge in [-0.3, -0.25) is 4.68 Å². The average Bonchev–Trinajstić information content (AvgIpc) is 3.29. The molecule has 1 aliphatic rings. The Hall–Kier alpha value is -2.40. The van der Waals surface area contributed by atoms with Crippen LogP contribution in [0.2, 0.25) is 0 Å². The van der Waals surface area contributed by atoms with Crippen molar-refractivity contribution in [2.75, 3.05) is 13.2 Å². The molecule has 1 unspecified atom stereocenters. The Labute approximate surface area is 129 Å². The third kappa shape index (κ3) is 2.44. The van der Waals surface area contributed by atoms with E-state index in [2.05, 4.69) is 45.1 Å². The number of aromatic nitrogens is 4. The second-order valence-electron chi connectivity index (χ2n) is 5.54. The Bertz CT molecular complexity index is 742. The van der Waals surface area contributed by atoms with Gasteiger partial charge in [-0.25, -0.2) is 4.98 Å². The second-order valence-corrected chi connectivity index (χ2v) is 5.54. The van der Waals surface area contributed by atoms with E-state index in [0.717, 1.165) is 37.6 Å². The summed E-state index contributed by atoms with van der Waals surface area (Å²) < 4.78 is 9.70. The van der Waals surface area contributed by atoms with Crippen LogP contribution in [0.25, 0.3) is 11.4 Å².